The van der Waals surface area contributed by atoms with Crippen LogP contribution in [0.4, 0.5) is 0 Å². The van der Waals surface area contributed by atoms with E-state index in [0.29, 0.717) is 5.75 Å². The van der Waals surface area contributed by atoms with Crippen molar-refractivity contribution in [2.24, 2.45) is 0 Å². The highest BCUT2D eigenvalue weighted by molar-refractivity contribution is 9.09. The topological polar surface area (TPSA) is 81.7 Å². The van der Waals surface area contributed by atoms with E-state index in [0.717, 1.165) is 0 Å². The van der Waals surface area contributed by atoms with Crippen molar-refractivity contribution in [1.29, 1.82) is 0 Å². The van der Waals surface area contributed by atoms with E-state index >= 15 is 0 Å². The summed E-state index contributed by atoms with van der Waals surface area (Å²) in [4.78, 5) is 18.1. The highest BCUT2D eigenvalue weighted by Crippen LogP contribution is 2.19. The Morgan fingerprint density at radius 3 is 2.48 bits per heavy atom. The molecule has 2 aromatic carbocycles. The second-order valence-electron chi connectivity index (χ2n) is 4.48. The Balaban J connectivity index is 2.08. The van der Waals surface area contributed by atoms with Crippen LogP contribution in [-0.2, 0) is 14.9 Å². The third-order valence-corrected chi connectivity index (χ3v) is 4.03. The van der Waals surface area contributed by atoms with Gasteiger partial charge in [0, 0.05) is 6.07 Å². The van der Waals surface area contributed by atoms with E-state index in [1.807, 2.05) is 4.89 Å². The maximum absolute atomic E-state index is 12.2. The van der Waals surface area contributed by atoms with Crippen LogP contribution in [0.5, 0.6) is 5.75 Å². The van der Waals surface area contributed by atoms with Crippen molar-refractivity contribution in [3.8, 4) is 5.75 Å². The van der Waals surface area contributed by atoms with Gasteiger partial charge in [-0.05, 0) is 52.0 Å². The van der Waals surface area contributed by atoms with Crippen molar-refractivity contribution in [1.82, 2.24) is 4.89 Å². The molecule has 23 heavy (non-hydrogen) atoms. The molecule has 2 aromatic rings. The van der Waals surface area contributed by atoms with Gasteiger partial charge in [0.05, 0.1) is 10.5 Å². The lowest BCUT2D eigenvalue weighted by Crippen LogP contribution is -2.27. The number of alkyl halides is 1. The molecule has 8 heteroatoms. The number of carbonyl (C=O) groups excluding carboxylic acids is 1. The van der Waals surface area contributed by atoms with Gasteiger partial charge in [0.2, 0.25) is 0 Å². The quantitative estimate of drug-likeness (QED) is 0.596. The van der Waals surface area contributed by atoms with Crippen LogP contribution in [0.2, 0.25) is 0 Å². The molecule has 122 valence electrons. The van der Waals surface area contributed by atoms with Gasteiger partial charge < -0.3 is 9.57 Å². The summed E-state index contributed by atoms with van der Waals surface area (Å²) in [5.41, 5.74) is 0.236. The molecule has 1 unspecified atom stereocenters. The van der Waals surface area contributed by atoms with Crippen LogP contribution in [0, 0.1) is 0 Å². The van der Waals surface area contributed by atoms with Crippen LogP contribution >= 0.6 is 15.9 Å². The van der Waals surface area contributed by atoms with Gasteiger partial charge >= 0.3 is 5.97 Å². The van der Waals surface area contributed by atoms with Crippen LogP contribution in [0.25, 0.3) is 0 Å². The second-order valence-corrected chi connectivity index (χ2v) is 7.41. The van der Waals surface area contributed by atoms with E-state index < -0.39 is 16.0 Å². The van der Waals surface area contributed by atoms with Crippen LogP contribution in [0.1, 0.15) is 17.3 Å². The predicted molar refractivity (Wildman–Crippen MR) is 87.6 cm³/mol. The number of rotatable bonds is 6. The first-order chi connectivity index (χ1) is 10.9. The van der Waals surface area contributed by atoms with Gasteiger partial charge in [-0.2, -0.15) is 0 Å². The Morgan fingerprint density at radius 1 is 1.13 bits per heavy atom. The Hall–Kier alpha value is -1.90. The highest BCUT2D eigenvalue weighted by Gasteiger charge is 2.18. The number of hydrogen-bond donors (Lipinski definition) is 1. The second kappa shape index (κ2) is 7.58. The molecule has 0 fully saturated rings. The molecule has 6 nitrogen and oxygen atoms in total. The Kier molecular flexibility index (Phi) is 5.75. The predicted octanol–water partition coefficient (Wildman–Crippen LogP) is 2.86. The highest BCUT2D eigenvalue weighted by atomic mass is 79.9. The molecular weight excluding hydrogens is 386 g/mol. The number of hydrogen-bond acceptors (Lipinski definition) is 5. The molecule has 0 spiro atoms. The number of halogens is 1. The van der Waals surface area contributed by atoms with E-state index in [2.05, 4.69) is 20.8 Å². The molecule has 0 bridgehead atoms. The minimum absolute atomic E-state index is 0.0796. The molecule has 0 aromatic heterocycles. The lowest BCUT2D eigenvalue weighted by molar-refractivity contribution is 0.0407. The number of ether oxygens (including phenoxy) is 1. The Labute approximate surface area is 142 Å². The smallest absolute Gasteiger partial charge is 0.357 e. The van der Waals surface area contributed by atoms with Gasteiger partial charge in [0.15, 0.2) is 5.01 Å². The lowest BCUT2D eigenvalue weighted by Gasteiger charge is -2.10. The molecule has 0 heterocycles. The van der Waals surface area contributed by atoms with Crippen molar-refractivity contribution in [3.63, 3.8) is 0 Å². The molecule has 1 N–H and O–H groups in total. The fourth-order valence-electron chi connectivity index (χ4n) is 1.68. The first kappa shape index (κ1) is 17.5. The zero-order valence-electron chi connectivity index (χ0n) is 12.1. The molecule has 0 aliphatic heterocycles. The average molecular weight is 400 g/mol. The summed E-state index contributed by atoms with van der Waals surface area (Å²) in [7, 11) is -4.01. The zero-order valence-corrected chi connectivity index (χ0v) is 14.5. The van der Waals surface area contributed by atoms with E-state index in [-0.39, 0.29) is 15.5 Å². The van der Waals surface area contributed by atoms with Gasteiger partial charge in [-0.1, -0.05) is 24.3 Å². The van der Waals surface area contributed by atoms with Crippen molar-refractivity contribution >= 4 is 31.9 Å². The molecule has 0 radical (unpaired) electrons. The first-order valence-electron chi connectivity index (χ1n) is 6.57. The van der Waals surface area contributed by atoms with Gasteiger partial charge in [0.1, 0.15) is 5.75 Å². The maximum atomic E-state index is 12.2. The molecule has 0 aliphatic carbocycles. The number of benzene rings is 2. The molecule has 0 amide bonds. The number of carbonyl (C=O) groups is 1. The van der Waals surface area contributed by atoms with Crippen LogP contribution in [-0.4, -0.2) is 19.4 Å². The fraction of sp³-hybridized carbons (Fsp3) is 0.133. The molecule has 0 saturated carbocycles. The van der Waals surface area contributed by atoms with Gasteiger partial charge in [-0.3, -0.25) is 0 Å². The third-order valence-electron chi connectivity index (χ3n) is 2.67. The van der Waals surface area contributed by atoms with E-state index in [4.69, 9.17) is 4.74 Å². The van der Waals surface area contributed by atoms with Crippen LogP contribution in [0.3, 0.4) is 0 Å². The summed E-state index contributed by atoms with van der Waals surface area (Å²) in [5.74, 6) is -0.428. The zero-order chi connectivity index (χ0) is 16.9. The lowest BCUT2D eigenvalue weighted by atomic mass is 10.2. The summed E-state index contributed by atoms with van der Waals surface area (Å²) in [6.45, 7) is 1.75. The van der Waals surface area contributed by atoms with Crippen molar-refractivity contribution in [3.05, 3.63) is 60.2 Å². The van der Waals surface area contributed by atoms with E-state index in [1.165, 1.54) is 30.3 Å². The monoisotopic (exact) mass is 399 g/mol. The molecule has 1 atom stereocenters. The van der Waals surface area contributed by atoms with Gasteiger partial charge in [-0.25, -0.2) is 13.2 Å². The minimum atomic E-state index is -4.01. The van der Waals surface area contributed by atoms with Crippen molar-refractivity contribution in [2.75, 3.05) is 0 Å². The fourth-order valence-corrected chi connectivity index (χ4v) is 2.70. The van der Waals surface area contributed by atoms with Crippen LogP contribution in [0.15, 0.2) is 59.5 Å². The summed E-state index contributed by atoms with van der Waals surface area (Å²) in [6.07, 6.45) is 0. The molecule has 0 aliphatic rings. The number of sulfonamides is 1. The van der Waals surface area contributed by atoms with Crippen molar-refractivity contribution in [2.45, 2.75) is 16.8 Å². The van der Waals surface area contributed by atoms with Crippen LogP contribution < -0.4 is 9.62 Å². The molecular formula is C15H14BrNO5S. The Morgan fingerprint density at radius 2 is 1.83 bits per heavy atom. The normalized spacial score (nSPS) is 12.4. The Bertz CT molecular complexity index is 777. The summed E-state index contributed by atoms with van der Waals surface area (Å²) < 4.78 is 29.7. The van der Waals surface area contributed by atoms with E-state index in [1.54, 1.807) is 31.2 Å². The van der Waals surface area contributed by atoms with Gasteiger partial charge in [-0.15, -0.1) is 0 Å². The first-order valence-corrected chi connectivity index (χ1v) is 8.97. The van der Waals surface area contributed by atoms with Gasteiger partial charge in [0.25, 0.3) is 10.0 Å². The largest absolute Gasteiger partial charge is 0.480 e. The average Bonchev–Trinajstić information content (AvgIpc) is 2.53. The summed E-state index contributed by atoms with van der Waals surface area (Å²) in [6, 6.07) is 13.9. The summed E-state index contributed by atoms with van der Waals surface area (Å²) >= 11 is 3.21. The SMILES string of the molecule is CC(Br)Oc1cccc(S(=O)(=O)NOC(=O)c2ccccc2)c1. The summed E-state index contributed by atoms with van der Waals surface area (Å²) in [5, 5.41) is -0.274. The van der Waals surface area contributed by atoms with E-state index in [9.17, 15) is 13.2 Å². The minimum Gasteiger partial charge on any atom is -0.480 e. The maximum Gasteiger partial charge on any atom is 0.357 e. The number of nitrogens with one attached hydrogen (secondary N) is 1. The van der Waals surface area contributed by atoms with Crippen molar-refractivity contribution < 1.29 is 22.8 Å². The molecule has 2 rings (SSSR count). The third kappa shape index (κ3) is 5.05. The standard InChI is InChI=1S/C15H14BrNO5S/c1-11(16)21-13-8-5-9-14(10-13)23(19,20)17-22-15(18)12-6-3-2-4-7-12/h2-11,17H,1H3. The molecule has 0 saturated heterocycles.